The Kier molecular flexibility index (Phi) is 4.72. The molecule has 0 bridgehead atoms. The van der Waals surface area contributed by atoms with Gasteiger partial charge >= 0.3 is 5.97 Å². The number of para-hydroxylation sites is 1. The molecule has 4 aromatic rings. The average Bonchev–Trinajstić information content (AvgIpc) is 3.18. The Hall–Kier alpha value is -3.73. The SMILES string of the molecule is COC(=O)c1ccc(C=Nc2cccc(-c3nc4c(C)cccc4o3)c2)cc1. The molecule has 0 atom stereocenters. The molecule has 5 heteroatoms. The minimum atomic E-state index is -0.357. The van der Waals surface area contributed by atoms with Gasteiger partial charge < -0.3 is 9.15 Å². The van der Waals surface area contributed by atoms with Crippen LogP contribution in [0.3, 0.4) is 0 Å². The van der Waals surface area contributed by atoms with Crippen LogP contribution in [0.25, 0.3) is 22.6 Å². The highest BCUT2D eigenvalue weighted by atomic mass is 16.5. The van der Waals surface area contributed by atoms with Crippen LogP contribution < -0.4 is 0 Å². The predicted molar refractivity (Wildman–Crippen MR) is 109 cm³/mol. The van der Waals surface area contributed by atoms with Crippen LogP contribution in [0.5, 0.6) is 0 Å². The quantitative estimate of drug-likeness (QED) is 0.359. The molecule has 0 unspecified atom stereocenters. The molecule has 0 N–H and O–H groups in total. The molecule has 0 aliphatic heterocycles. The number of nitrogens with zero attached hydrogens (tertiary/aromatic N) is 2. The number of oxazole rings is 1. The first-order valence-electron chi connectivity index (χ1n) is 8.83. The van der Waals surface area contributed by atoms with Crippen LogP contribution >= 0.6 is 0 Å². The minimum absolute atomic E-state index is 0.357. The van der Waals surface area contributed by atoms with Gasteiger partial charge in [-0.05, 0) is 54.4 Å². The number of benzene rings is 3. The number of aliphatic imine (C=N–C) groups is 1. The zero-order valence-corrected chi connectivity index (χ0v) is 15.5. The number of ether oxygens (including phenoxy) is 1. The molecule has 138 valence electrons. The number of carbonyl (C=O) groups is 1. The van der Waals surface area contributed by atoms with Crippen molar-refractivity contribution in [3.63, 3.8) is 0 Å². The van der Waals surface area contributed by atoms with E-state index >= 15 is 0 Å². The third-order valence-corrected chi connectivity index (χ3v) is 4.41. The van der Waals surface area contributed by atoms with Crippen molar-refractivity contribution in [1.29, 1.82) is 0 Å². The topological polar surface area (TPSA) is 64.7 Å². The van der Waals surface area contributed by atoms with E-state index in [0.29, 0.717) is 11.5 Å². The Morgan fingerprint density at radius 1 is 1.07 bits per heavy atom. The number of fused-ring (bicyclic) bond motifs is 1. The van der Waals surface area contributed by atoms with Crippen LogP contribution in [0.4, 0.5) is 5.69 Å². The first-order chi connectivity index (χ1) is 13.6. The standard InChI is InChI=1S/C23H18N2O3/c1-15-5-3-8-20-21(15)25-22(28-20)18-6-4-7-19(13-18)24-14-16-9-11-17(12-10-16)23(26)27-2/h3-14H,1-2H3. The van der Waals surface area contributed by atoms with E-state index in [2.05, 4.69) is 9.98 Å². The lowest BCUT2D eigenvalue weighted by Crippen LogP contribution is -2.00. The maximum atomic E-state index is 11.5. The van der Waals surface area contributed by atoms with Crippen molar-refractivity contribution < 1.29 is 13.9 Å². The van der Waals surface area contributed by atoms with Gasteiger partial charge in [0.05, 0.1) is 18.4 Å². The van der Waals surface area contributed by atoms with Crippen molar-refractivity contribution in [3.05, 3.63) is 83.4 Å². The molecule has 0 radical (unpaired) electrons. The lowest BCUT2D eigenvalue weighted by Gasteiger charge is -2.00. The van der Waals surface area contributed by atoms with Gasteiger partial charge in [0.25, 0.3) is 0 Å². The Morgan fingerprint density at radius 2 is 1.86 bits per heavy atom. The van der Waals surface area contributed by atoms with Crippen molar-refractivity contribution in [1.82, 2.24) is 4.98 Å². The molecule has 1 heterocycles. The van der Waals surface area contributed by atoms with E-state index in [1.165, 1.54) is 7.11 Å². The highest BCUT2D eigenvalue weighted by Crippen LogP contribution is 2.28. The zero-order chi connectivity index (χ0) is 19.5. The van der Waals surface area contributed by atoms with Gasteiger partial charge in [-0.25, -0.2) is 9.78 Å². The molecule has 4 rings (SSSR count). The number of hydrogen-bond acceptors (Lipinski definition) is 5. The van der Waals surface area contributed by atoms with Crippen LogP contribution in [-0.2, 0) is 4.74 Å². The Morgan fingerprint density at radius 3 is 2.61 bits per heavy atom. The molecule has 3 aromatic carbocycles. The van der Waals surface area contributed by atoms with Crippen LogP contribution in [0.2, 0.25) is 0 Å². The number of aryl methyl sites for hydroxylation is 1. The van der Waals surface area contributed by atoms with Crippen LogP contribution in [0.15, 0.2) is 76.1 Å². The summed E-state index contributed by atoms with van der Waals surface area (Å²) in [5.74, 6) is 0.216. The number of methoxy groups -OCH3 is 1. The second-order valence-corrected chi connectivity index (χ2v) is 6.36. The maximum absolute atomic E-state index is 11.5. The van der Waals surface area contributed by atoms with E-state index in [1.54, 1.807) is 18.3 Å². The summed E-state index contributed by atoms with van der Waals surface area (Å²) in [4.78, 5) is 20.6. The first kappa shape index (κ1) is 17.7. The highest BCUT2D eigenvalue weighted by molar-refractivity contribution is 5.91. The molecular formula is C23H18N2O3. The summed E-state index contributed by atoms with van der Waals surface area (Å²) in [5.41, 5.74) is 5.77. The number of carbonyl (C=O) groups excluding carboxylic acids is 1. The minimum Gasteiger partial charge on any atom is -0.465 e. The van der Waals surface area contributed by atoms with Crippen LogP contribution in [0.1, 0.15) is 21.5 Å². The number of aromatic nitrogens is 1. The lowest BCUT2D eigenvalue weighted by molar-refractivity contribution is 0.0600. The van der Waals surface area contributed by atoms with Gasteiger partial charge in [0.2, 0.25) is 5.89 Å². The molecule has 0 saturated heterocycles. The highest BCUT2D eigenvalue weighted by Gasteiger charge is 2.10. The average molecular weight is 370 g/mol. The van der Waals surface area contributed by atoms with Gasteiger partial charge in [0, 0.05) is 11.8 Å². The molecular weight excluding hydrogens is 352 g/mol. The number of esters is 1. The number of hydrogen-bond donors (Lipinski definition) is 0. The molecule has 0 amide bonds. The first-order valence-corrected chi connectivity index (χ1v) is 8.83. The summed E-state index contributed by atoms with van der Waals surface area (Å²) in [7, 11) is 1.36. The summed E-state index contributed by atoms with van der Waals surface area (Å²) in [6.07, 6.45) is 1.75. The second kappa shape index (κ2) is 7.48. The Bertz CT molecular complexity index is 1170. The largest absolute Gasteiger partial charge is 0.465 e. The molecule has 28 heavy (non-hydrogen) atoms. The molecule has 5 nitrogen and oxygen atoms in total. The van der Waals surface area contributed by atoms with E-state index < -0.39 is 0 Å². The molecule has 0 aliphatic rings. The molecule has 0 aliphatic carbocycles. The third kappa shape index (κ3) is 3.55. The van der Waals surface area contributed by atoms with Crippen LogP contribution in [-0.4, -0.2) is 24.3 Å². The lowest BCUT2D eigenvalue weighted by atomic mass is 10.1. The van der Waals surface area contributed by atoms with Crippen molar-refractivity contribution in [3.8, 4) is 11.5 Å². The van der Waals surface area contributed by atoms with Gasteiger partial charge in [0.15, 0.2) is 5.58 Å². The number of rotatable bonds is 4. The Balaban J connectivity index is 1.59. The van der Waals surface area contributed by atoms with Crippen molar-refractivity contribution >= 4 is 29.0 Å². The van der Waals surface area contributed by atoms with Gasteiger partial charge in [0.1, 0.15) is 5.52 Å². The predicted octanol–water partition coefficient (Wildman–Crippen LogP) is 5.34. The van der Waals surface area contributed by atoms with Crippen molar-refractivity contribution in [2.45, 2.75) is 6.92 Å². The summed E-state index contributed by atoms with van der Waals surface area (Å²) < 4.78 is 10.6. The van der Waals surface area contributed by atoms with Crippen molar-refractivity contribution in [2.24, 2.45) is 4.99 Å². The summed E-state index contributed by atoms with van der Waals surface area (Å²) in [5, 5.41) is 0. The summed E-state index contributed by atoms with van der Waals surface area (Å²) in [6, 6.07) is 20.7. The third-order valence-electron chi connectivity index (χ3n) is 4.41. The zero-order valence-electron chi connectivity index (χ0n) is 15.5. The van der Waals surface area contributed by atoms with E-state index in [1.807, 2.05) is 61.5 Å². The normalized spacial score (nSPS) is 11.2. The molecule has 1 aromatic heterocycles. The fourth-order valence-electron chi connectivity index (χ4n) is 2.90. The van der Waals surface area contributed by atoms with Gasteiger partial charge in [-0.1, -0.05) is 30.3 Å². The maximum Gasteiger partial charge on any atom is 0.337 e. The van der Waals surface area contributed by atoms with E-state index in [0.717, 1.165) is 33.5 Å². The van der Waals surface area contributed by atoms with Crippen LogP contribution in [0, 0.1) is 6.92 Å². The van der Waals surface area contributed by atoms with Gasteiger partial charge in [-0.3, -0.25) is 4.99 Å². The van der Waals surface area contributed by atoms with E-state index in [-0.39, 0.29) is 5.97 Å². The van der Waals surface area contributed by atoms with E-state index in [9.17, 15) is 4.79 Å². The van der Waals surface area contributed by atoms with Gasteiger partial charge in [-0.2, -0.15) is 0 Å². The molecule has 0 spiro atoms. The molecule has 0 saturated carbocycles. The van der Waals surface area contributed by atoms with Crippen molar-refractivity contribution in [2.75, 3.05) is 7.11 Å². The fourth-order valence-corrected chi connectivity index (χ4v) is 2.90. The van der Waals surface area contributed by atoms with Gasteiger partial charge in [-0.15, -0.1) is 0 Å². The second-order valence-electron chi connectivity index (χ2n) is 6.36. The monoisotopic (exact) mass is 370 g/mol. The fraction of sp³-hybridized carbons (Fsp3) is 0.0870. The molecule has 0 fully saturated rings. The summed E-state index contributed by atoms with van der Waals surface area (Å²) >= 11 is 0. The van der Waals surface area contributed by atoms with E-state index in [4.69, 9.17) is 9.15 Å². The smallest absolute Gasteiger partial charge is 0.337 e. The Labute approximate surface area is 162 Å². The summed E-state index contributed by atoms with van der Waals surface area (Å²) in [6.45, 7) is 2.01.